The van der Waals surface area contributed by atoms with Crippen LogP contribution >= 0.6 is 0 Å². The predicted octanol–water partition coefficient (Wildman–Crippen LogP) is 0.854. The highest BCUT2D eigenvalue weighted by atomic mass is 16.5. The summed E-state index contributed by atoms with van der Waals surface area (Å²) in [6.07, 6.45) is 1.08. The summed E-state index contributed by atoms with van der Waals surface area (Å²) in [5.74, 6) is 2.61. The van der Waals surface area contributed by atoms with Gasteiger partial charge in [0.05, 0.1) is 0 Å². The number of ether oxygens (including phenoxy) is 1. The Hall–Kier alpha value is -1.40. The van der Waals surface area contributed by atoms with Crippen LogP contribution in [-0.2, 0) is 11.3 Å². The van der Waals surface area contributed by atoms with Crippen LogP contribution in [0.1, 0.15) is 19.2 Å². The van der Waals surface area contributed by atoms with Crippen molar-refractivity contribution in [3.8, 4) is 0 Å². The lowest BCUT2D eigenvalue weighted by atomic mass is 10.3. The summed E-state index contributed by atoms with van der Waals surface area (Å²) < 4.78 is 5.15. The van der Waals surface area contributed by atoms with E-state index >= 15 is 0 Å². The van der Waals surface area contributed by atoms with E-state index in [2.05, 4.69) is 32.4 Å². The van der Waals surface area contributed by atoms with Gasteiger partial charge in [0.2, 0.25) is 0 Å². The van der Waals surface area contributed by atoms with Gasteiger partial charge in [-0.3, -0.25) is 0 Å². The largest absolute Gasteiger partial charge is 0.377 e. The Labute approximate surface area is 114 Å². The molecular weight excluding hydrogens is 242 g/mol. The third-order valence-electron chi connectivity index (χ3n) is 3.03. The molecule has 2 rings (SSSR count). The number of methoxy groups -OCH3 is 1. The molecule has 0 aliphatic carbocycles. The third kappa shape index (κ3) is 4.04. The molecule has 0 saturated carbocycles. The molecule has 2 heterocycles. The average Bonchev–Trinajstić information content (AvgIpc) is 2.46. The molecule has 0 radical (unpaired) electrons. The zero-order valence-electron chi connectivity index (χ0n) is 11.8. The Bertz CT molecular complexity index is 393. The standard InChI is InChI=1S/C13H23N5O/c1-3-4-15-11-9-13(17-12(16-11)10-19-2)18-7-5-14-6-8-18/h9,14H,3-8,10H2,1-2H3,(H,15,16,17). The number of hydrogen-bond donors (Lipinski definition) is 2. The van der Waals surface area contributed by atoms with Gasteiger partial charge in [-0.25, -0.2) is 9.97 Å². The minimum Gasteiger partial charge on any atom is -0.377 e. The molecule has 19 heavy (non-hydrogen) atoms. The molecule has 6 nitrogen and oxygen atoms in total. The normalized spacial score (nSPS) is 15.6. The van der Waals surface area contributed by atoms with Crippen LogP contribution in [0, 0.1) is 0 Å². The zero-order chi connectivity index (χ0) is 13.5. The summed E-state index contributed by atoms with van der Waals surface area (Å²) in [4.78, 5) is 11.3. The van der Waals surface area contributed by atoms with Gasteiger partial charge in [-0.2, -0.15) is 0 Å². The van der Waals surface area contributed by atoms with Crippen LogP contribution in [-0.4, -0.2) is 49.8 Å². The van der Waals surface area contributed by atoms with Crippen molar-refractivity contribution in [2.45, 2.75) is 20.0 Å². The number of piperazine rings is 1. The molecular formula is C13H23N5O. The highest BCUT2D eigenvalue weighted by Gasteiger charge is 2.14. The van der Waals surface area contributed by atoms with Gasteiger partial charge in [0, 0.05) is 45.9 Å². The van der Waals surface area contributed by atoms with Gasteiger partial charge in [0.15, 0.2) is 5.82 Å². The van der Waals surface area contributed by atoms with Crippen LogP contribution in [0.25, 0.3) is 0 Å². The molecule has 1 saturated heterocycles. The van der Waals surface area contributed by atoms with Crippen molar-refractivity contribution in [3.05, 3.63) is 11.9 Å². The fourth-order valence-electron chi connectivity index (χ4n) is 2.08. The molecule has 1 fully saturated rings. The molecule has 2 N–H and O–H groups in total. The maximum Gasteiger partial charge on any atom is 0.158 e. The molecule has 0 spiro atoms. The second kappa shape index (κ2) is 7.25. The number of aromatic nitrogens is 2. The lowest BCUT2D eigenvalue weighted by Gasteiger charge is -2.28. The second-order valence-corrected chi connectivity index (χ2v) is 4.62. The van der Waals surface area contributed by atoms with E-state index in [9.17, 15) is 0 Å². The Kier molecular flexibility index (Phi) is 5.35. The number of nitrogens with one attached hydrogen (secondary N) is 2. The van der Waals surface area contributed by atoms with Crippen molar-refractivity contribution in [2.24, 2.45) is 0 Å². The Morgan fingerprint density at radius 1 is 1.37 bits per heavy atom. The SMILES string of the molecule is CCCNc1cc(N2CCNCC2)nc(COC)n1. The zero-order valence-corrected chi connectivity index (χ0v) is 11.8. The fourth-order valence-corrected chi connectivity index (χ4v) is 2.08. The Morgan fingerprint density at radius 2 is 2.16 bits per heavy atom. The Morgan fingerprint density at radius 3 is 2.84 bits per heavy atom. The average molecular weight is 265 g/mol. The van der Waals surface area contributed by atoms with E-state index in [0.717, 1.165) is 56.6 Å². The van der Waals surface area contributed by atoms with Gasteiger partial charge < -0.3 is 20.3 Å². The van der Waals surface area contributed by atoms with E-state index in [0.29, 0.717) is 6.61 Å². The van der Waals surface area contributed by atoms with E-state index in [4.69, 9.17) is 4.74 Å². The number of rotatable bonds is 6. The van der Waals surface area contributed by atoms with Gasteiger partial charge in [-0.05, 0) is 6.42 Å². The minimum absolute atomic E-state index is 0.445. The lowest BCUT2D eigenvalue weighted by molar-refractivity contribution is 0.178. The third-order valence-corrected chi connectivity index (χ3v) is 3.03. The van der Waals surface area contributed by atoms with Crippen molar-refractivity contribution < 1.29 is 4.74 Å². The molecule has 0 bridgehead atoms. The Balaban J connectivity index is 2.17. The van der Waals surface area contributed by atoms with Crippen molar-refractivity contribution in [2.75, 3.05) is 50.1 Å². The van der Waals surface area contributed by atoms with Gasteiger partial charge in [0.25, 0.3) is 0 Å². The molecule has 6 heteroatoms. The van der Waals surface area contributed by atoms with Crippen molar-refractivity contribution >= 4 is 11.6 Å². The number of anilines is 2. The van der Waals surface area contributed by atoms with Gasteiger partial charge in [-0.1, -0.05) is 6.92 Å². The number of nitrogens with zero attached hydrogens (tertiary/aromatic N) is 3. The highest BCUT2D eigenvalue weighted by Crippen LogP contribution is 2.17. The van der Waals surface area contributed by atoms with Crippen LogP contribution in [0.5, 0.6) is 0 Å². The predicted molar refractivity (Wildman–Crippen MR) is 76.6 cm³/mol. The molecule has 0 amide bonds. The highest BCUT2D eigenvalue weighted by molar-refractivity contribution is 5.49. The first-order valence-corrected chi connectivity index (χ1v) is 6.90. The van der Waals surface area contributed by atoms with Gasteiger partial charge in [0.1, 0.15) is 18.2 Å². The second-order valence-electron chi connectivity index (χ2n) is 4.62. The summed E-state index contributed by atoms with van der Waals surface area (Å²) in [5.41, 5.74) is 0. The van der Waals surface area contributed by atoms with Gasteiger partial charge in [-0.15, -0.1) is 0 Å². The van der Waals surface area contributed by atoms with E-state index in [1.807, 2.05) is 6.07 Å². The quantitative estimate of drug-likeness (QED) is 0.795. The maximum absolute atomic E-state index is 5.15. The summed E-state index contributed by atoms with van der Waals surface area (Å²) in [5, 5.41) is 6.67. The smallest absolute Gasteiger partial charge is 0.158 e. The summed E-state index contributed by atoms with van der Waals surface area (Å²) >= 11 is 0. The molecule has 0 aromatic carbocycles. The van der Waals surface area contributed by atoms with Crippen molar-refractivity contribution in [3.63, 3.8) is 0 Å². The summed E-state index contributed by atoms with van der Waals surface area (Å²) in [6.45, 7) is 7.47. The molecule has 1 aliphatic rings. The molecule has 1 aliphatic heterocycles. The van der Waals surface area contributed by atoms with E-state index in [1.54, 1.807) is 7.11 Å². The molecule has 0 unspecified atom stereocenters. The maximum atomic E-state index is 5.15. The monoisotopic (exact) mass is 265 g/mol. The lowest BCUT2D eigenvalue weighted by Crippen LogP contribution is -2.44. The first-order chi connectivity index (χ1) is 9.33. The summed E-state index contributed by atoms with van der Waals surface area (Å²) in [7, 11) is 1.67. The van der Waals surface area contributed by atoms with E-state index in [1.165, 1.54) is 0 Å². The topological polar surface area (TPSA) is 62.3 Å². The first kappa shape index (κ1) is 14.0. The summed E-state index contributed by atoms with van der Waals surface area (Å²) in [6, 6.07) is 2.03. The first-order valence-electron chi connectivity index (χ1n) is 6.90. The van der Waals surface area contributed by atoms with Crippen molar-refractivity contribution in [1.82, 2.24) is 15.3 Å². The fraction of sp³-hybridized carbons (Fsp3) is 0.692. The van der Waals surface area contributed by atoms with Crippen molar-refractivity contribution in [1.29, 1.82) is 0 Å². The van der Waals surface area contributed by atoms with E-state index < -0.39 is 0 Å². The van der Waals surface area contributed by atoms with Crippen LogP contribution in [0.2, 0.25) is 0 Å². The van der Waals surface area contributed by atoms with E-state index in [-0.39, 0.29) is 0 Å². The van der Waals surface area contributed by atoms with Crippen LogP contribution in [0.4, 0.5) is 11.6 Å². The molecule has 1 aromatic heterocycles. The molecule has 106 valence electrons. The number of hydrogen-bond acceptors (Lipinski definition) is 6. The minimum atomic E-state index is 0.445. The van der Waals surface area contributed by atoms with Crippen LogP contribution in [0.3, 0.4) is 0 Å². The van der Waals surface area contributed by atoms with Crippen LogP contribution in [0.15, 0.2) is 6.07 Å². The molecule has 0 atom stereocenters. The molecule has 1 aromatic rings. The van der Waals surface area contributed by atoms with Crippen LogP contribution < -0.4 is 15.5 Å². The van der Waals surface area contributed by atoms with Gasteiger partial charge >= 0.3 is 0 Å².